The number of nitrogens with one attached hydrogen (secondary N) is 1. The molecule has 1 saturated heterocycles. The van der Waals surface area contributed by atoms with Gasteiger partial charge in [0.2, 0.25) is 0 Å². The molecule has 0 aliphatic carbocycles. The third kappa shape index (κ3) is 4.52. The number of ether oxygens (including phenoxy) is 2. The molecule has 1 aliphatic heterocycles. The van der Waals surface area contributed by atoms with Crippen molar-refractivity contribution in [3.8, 4) is 5.88 Å². The summed E-state index contributed by atoms with van der Waals surface area (Å²) in [6.07, 6.45) is 2.05. The van der Waals surface area contributed by atoms with E-state index in [1.807, 2.05) is 13.8 Å². The van der Waals surface area contributed by atoms with E-state index in [-0.39, 0.29) is 6.04 Å². The van der Waals surface area contributed by atoms with Crippen molar-refractivity contribution < 1.29 is 14.6 Å². The molecule has 0 amide bonds. The number of aliphatic hydroxyl groups is 1. The van der Waals surface area contributed by atoms with E-state index in [1.165, 1.54) is 0 Å². The number of hydrogen-bond acceptors (Lipinski definition) is 7. The molecule has 2 heterocycles. The van der Waals surface area contributed by atoms with Gasteiger partial charge in [-0.05, 0) is 20.8 Å². The third-order valence-electron chi connectivity index (χ3n) is 3.13. The average Bonchev–Trinajstić information content (AvgIpc) is 2.47. The van der Waals surface area contributed by atoms with E-state index < -0.39 is 12.3 Å². The number of aliphatic hydroxyl groups excluding tert-OH is 1. The van der Waals surface area contributed by atoms with Crippen molar-refractivity contribution in [2.24, 2.45) is 0 Å². The standard InChI is InChI=1S/C14H24N4O3/c1-10(2)17-13(11(3)19)21-14-12(15-4-5-16-14)18-6-8-20-9-7-18/h4-5,10-11,13,17,19H,6-9H2,1-3H3. The predicted molar refractivity (Wildman–Crippen MR) is 79.4 cm³/mol. The van der Waals surface area contributed by atoms with Gasteiger partial charge in [-0.3, -0.25) is 5.32 Å². The molecule has 1 aliphatic rings. The molecule has 0 bridgehead atoms. The fraction of sp³-hybridized carbons (Fsp3) is 0.714. The van der Waals surface area contributed by atoms with Gasteiger partial charge in [-0.2, -0.15) is 0 Å². The van der Waals surface area contributed by atoms with Crippen LogP contribution in [-0.2, 0) is 4.74 Å². The van der Waals surface area contributed by atoms with Crippen molar-refractivity contribution in [1.29, 1.82) is 0 Å². The van der Waals surface area contributed by atoms with Gasteiger partial charge in [-0.15, -0.1) is 0 Å². The molecule has 2 N–H and O–H groups in total. The van der Waals surface area contributed by atoms with E-state index in [0.717, 1.165) is 13.1 Å². The Bertz CT molecular complexity index is 436. The van der Waals surface area contributed by atoms with Crippen molar-refractivity contribution in [2.45, 2.75) is 39.1 Å². The fourth-order valence-corrected chi connectivity index (χ4v) is 2.11. The first kappa shape index (κ1) is 15.9. The molecule has 21 heavy (non-hydrogen) atoms. The van der Waals surface area contributed by atoms with Crippen LogP contribution in [0.3, 0.4) is 0 Å². The van der Waals surface area contributed by atoms with E-state index >= 15 is 0 Å². The number of anilines is 1. The van der Waals surface area contributed by atoms with Crippen LogP contribution in [0.5, 0.6) is 5.88 Å². The van der Waals surface area contributed by atoms with Crippen LogP contribution in [0.25, 0.3) is 0 Å². The second-order valence-corrected chi connectivity index (χ2v) is 5.38. The molecule has 0 aromatic carbocycles. The highest BCUT2D eigenvalue weighted by Crippen LogP contribution is 2.24. The lowest BCUT2D eigenvalue weighted by atomic mass is 10.3. The van der Waals surface area contributed by atoms with Gasteiger partial charge in [0.15, 0.2) is 12.0 Å². The molecule has 7 nitrogen and oxygen atoms in total. The molecule has 1 fully saturated rings. The Kier molecular flexibility index (Phi) is 5.72. The van der Waals surface area contributed by atoms with Crippen LogP contribution in [0.2, 0.25) is 0 Å². The second-order valence-electron chi connectivity index (χ2n) is 5.38. The average molecular weight is 296 g/mol. The van der Waals surface area contributed by atoms with Gasteiger partial charge in [-0.1, -0.05) is 0 Å². The highest BCUT2D eigenvalue weighted by Gasteiger charge is 2.23. The molecule has 1 aromatic heterocycles. The van der Waals surface area contributed by atoms with Gasteiger partial charge in [0.25, 0.3) is 5.88 Å². The minimum atomic E-state index is -0.660. The second kappa shape index (κ2) is 7.53. The summed E-state index contributed by atoms with van der Waals surface area (Å²) >= 11 is 0. The maximum atomic E-state index is 9.85. The molecule has 0 saturated carbocycles. The van der Waals surface area contributed by atoms with E-state index in [1.54, 1.807) is 19.3 Å². The molecule has 2 rings (SSSR count). The van der Waals surface area contributed by atoms with Crippen molar-refractivity contribution in [3.63, 3.8) is 0 Å². The Morgan fingerprint density at radius 1 is 1.24 bits per heavy atom. The molecule has 2 unspecified atom stereocenters. The Balaban J connectivity index is 2.14. The highest BCUT2D eigenvalue weighted by atomic mass is 16.5. The minimum Gasteiger partial charge on any atom is -0.453 e. The summed E-state index contributed by atoms with van der Waals surface area (Å²) in [4.78, 5) is 10.7. The smallest absolute Gasteiger partial charge is 0.259 e. The molecule has 2 atom stereocenters. The zero-order valence-electron chi connectivity index (χ0n) is 12.8. The van der Waals surface area contributed by atoms with E-state index in [2.05, 4.69) is 20.2 Å². The van der Waals surface area contributed by atoms with Crippen LogP contribution in [0.4, 0.5) is 5.82 Å². The summed E-state index contributed by atoms with van der Waals surface area (Å²) in [5.74, 6) is 1.12. The maximum Gasteiger partial charge on any atom is 0.259 e. The monoisotopic (exact) mass is 296 g/mol. The van der Waals surface area contributed by atoms with Crippen molar-refractivity contribution in [3.05, 3.63) is 12.4 Å². The van der Waals surface area contributed by atoms with Gasteiger partial charge in [0.1, 0.15) is 6.10 Å². The summed E-state index contributed by atoms with van der Waals surface area (Å²) < 4.78 is 11.2. The molecule has 0 radical (unpaired) electrons. The first-order chi connectivity index (χ1) is 10.1. The summed E-state index contributed by atoms with van der Waals surface area (Å²) in [6, 6.07) is 0.188. The zero-order valence-corrected chi connectivity index (χ0v) is 12.8. The van der Waals surface area contributed by atoms with Gasteiger partial charge in [0.05, 0.1) is 13.2 Å². The van der Waals surface area contributed by atoms with Crippen LogP contribution in [0.15, 0.2) is 12.4 Å². The predicted octanol–water partition coefficient (Wildman–Crippen LogP) is 0.397. The highest BCUT2D eigenvalue weighted by molar-refractivity contribution is 5.48. The van der Waals surface area contributed by atoms with Crippen LogP contribution < -0.4 is 15.0 Å². The van der Waals surface area contributed by atoms with E-state index in [4.69, 9.17) is 9.47 Å². The lowest BCUT2D eigenvalue weighted by Gasteiger charge is -2.30. The molecule has 0 spiro atoms. The zero-order chi connectivity index (χ0) is 15.2. The van der Waals surface area contributed by atoms with Gasteiger partial charge < -0.3 is 19.5 Å². The van der Waals surface area contributed by atoms with Gasteiger partial charge >= 0.3 is 0 Å². The fourth-order valence-electron chi connectivity index (χ4n) is 2.11. The van der Waals surface area contributed by atoms with Crippen LogP contribution in [0, 0.1) is 0 Å². The first-order valence-electron chi connectivity index (χ1n) is 7.32. The number of hydrogen-bond donors (Lipinski definition) is 2. The van der Waals surface area contributed by atoms with E-state index in [0.29, 0.717) is 24.9 Å². The summed E-state index contributed by atoms with van der Waals surface area (Å²) in [6.45, 7) is 8.53. The molecule has 1 aromatic rings. The number of rotatable bonds is 6. The van der Waals surface area contributed by atoms with Crippen LogP contribution in [0.1, 0.15) is 20.8 Å². The van der Waals surface area contributed by atoms with E-state index in [9.17, 15) is 5.11 Å². The SMILES string of the molecule is CC(C)NC(Oc1nccnc1N1CCOCC1)C(C)O. The minimum absolute atomic E-state index is 0.188. The quantitative estimate of drug-likeness (QED) is 0.735. The molecular formula is C14H24N4O3. The normalized spacial score (nSPS) is 18.6. The Morgan fingerprint density at radius 3 is 2.52 bits per heavy atom. The lowest BCUT2D eigenvalue weighted by molar-refractivity contribution is 0.0189. The Labute approximate surface area is 125 Å². The number of aromatic nitrogens is 2. The van der Waals surface area contributed by atoms with Crippen molar-refractivity contribution in [2.75, 3.05) is 31.2 Å². The lowest BCUT2D eigenvalue weighted by Crippen LogP contribution is -2.47. The molecule has 118 valence electrons. The van der Waals surface area contributed by atoms with Crippen LogP contribution in [-0.4, -0.2) is 59.8 Å². The Morgan fingerprint density at radius 2 is 1.90 bits per heavy atom. The summed E-state index contributed by atoms with van der Waals surface area (Å²) in [5.41, 5.74) is 0. The van der Waals surface area contributed by atoms with Gasteiger partial charge in [0, 0.05) is 31.5 Å². The van der Waals surface area contributed by atoms with Gasteiger partial charge in [-0.25, -0.2) is 9.97 Å². The summed E-state index contributed by atoms with van der Waals surface area (Å²) in [7, 11) is 0. The van der Waals surface area contributed by atoms with Crippen molar-refractivity contribution in [1.82, 2.24) is 15.3 Å². The maximum absolute atomic E-state index is 9.85. The summed E-state index contributed by atoms with van der Waals surface area (Å²) in [5, 5.41) is 13.0. The largest absolute Gasteiger partial charge is 0.453 e. The van der Waals surface area contributed by atoms with Crippen LogP contribution >= 0.6 is 0 Å². The number of morpholine rings is 1. The number of nitrogens with zero attached hydrogens (tertiary/aromatic N) is 3. The molecule has 7 heteroatoms. The Hall–Kier alpha value is -1.44. The topological polar surface area (TPSA) is 79.7 Å². The third-order valence-corrected chi connectivity index (χ3v) is 3.13. The van der Waals surface area contributed by atoms with Crippen molar-refractivity contribution >= 4 is 5.82 Å². The molecular weight excluding hydrogens is 272 g/mol. The first-order valence-corrected chi connectivity index (χ1v) is 7.32.